The van der Waals surface area contributed by atoms with Gasteiger partial charge in [0.25, 0.3) is 0 Å². The number of hydrogen-bond donors (Lipinski definition) is 1. The summed E-state index contributed by atoms with van der Waals surface area (Å²) < 4.78 is 33.2. The Hall–Kier alpha value is -3.52. The molecule has 146 valence electrons. The van der Waals surface area contributed by atoms with Crippen LogP contribution in [0.5, 0.6) is 0 Å². The third-order valence-electron chi connectivity index (χ3n) is 4.23. The molecule has 0 amide bonds. The molecule has 0 radical (unpaired) electrons. The molecule has 0 aliphatic rings. The third-order valence-corrected chi connectivity index (χ3v) is 5.47. The first-order valence-corrected chi connectivity index (χ1v) is 10.6. The summed E-state index contributed by atoms with van der Waals surface area (Å²) in [5.41, 5.74) is 2.75. The molecule has 0 saturated heterocycles. The van der Waals surface area contributed by atoms with E-state index in [1.165, 1.54) is 0 Å². The van der Waals surface area contributed by atoms with Gasteiger partial charge in [0.05, 0.1) is 17.9 Å². The van der Waals surface area contributed by atoms with E-state index in [2.05, 4.69) is 19.8 Å². The zero-order valence-corrected chi connectivity index (χ0v) is 16.2. The second-order valence-corrected chi connectivity index (χ2v) is 8.15. The zero-order chi connectivity index (χ0) is 20.1. The van der Waals surface area contributed by atoms with Crippen LogP contribution in [0.15, 0.2) is 83.6 Å². The smallest absolute Gasteiger partial charge is 0.236 e. The monoisotopic (exact) mass is 406 g/mol. The Labute approximate surface area is 168 Å². The van der Waals surface area contributed by atoms with Crippen LogP contribution in [0.4, 0.5) is 5.69 Å². The highest BCUT2D eigenvalue weighted by atomic mass is 32.2. The van der Waals surface area contributed by atoms with Gasteiger partial charge >= 0.3 is 0 Å². The molecule has 0 fully saturated rings. The number of nitrogens with zero attached hydrogens (tertiary/aromatic N) is 3. The van der Waals surface area contributed by atoms with E-state index in [1.54, 1.807) is 48.8 Å². The van der Waals surface area contributed by atoms with Gasteiger partial charge in [0.15, 0.2) is 0 Å². The quantitative estimate of drug-likeness (QED) is 0.503. The van der Waals surface area contributed by atoms with Crippen LogP contribution in [0.25, 0.3) is 11.4 Å². The van der Waals surface area contributed by atoms with Crippen LogP contribution in [0.2, 0.25) is 0 Å². The van der Waals surface area contributed by atoms with Crippen molar-refractivity contribution < 1.29 is 12.9 Å². The van der Waals surface area contributed by atoms with Gasteiger partial charge in [-0.2, -0.15) is 4.98 Å². The van der Waals surface area contributed by atoms with Gasteiger partial charge in [-0.05, 0) is 29.3 Å². The van der Waals surface area contributed by atoms with Crippen molar-refractivity contribution in [2.24, 2.45) is 0 Å². The molecule has 4 rings (SSSR count). The molecule has 0 spiro atoms. The number of hydrogen-bond acceptors (Lipinski definition) is 6. The van der Waals surface area contributed by atoms with Crippen molar-refractivity contribution in [1.29, 1.82) is 0 Å². The minimum Gasteiger partial charge on any atom is -0.339 e. The second kappa shape index (κ2) is 8.24. The lowest BCUT2D eigenvalue weighted by molar-refractivity contribution is 0.386. The summed E-state index contributed by atoms with van der Waals surface area (Å²) >= 11 is 0. The van der Waals surface area contributed by atoms with E-state index in [4.69, 9.17) is 4.52 Å². The van der Waals surface area contributed by atoms with Gasteiger partial charge in [-0.3, -0.25) is 9.71 Å². The molecule has 0 bridgehead atoms. The Bertz CT molecular complexity index is 1190. The zero-order valence-electron chi connectivity index (χ0n) is 15.4. The van der Waals surface area contributed by atoms with Crippen LogP contribution < -0.4 is 4.72 Å². The topological polar surface area (TPSA) is 98.0 Å². The number of benzene rings is 2. The van der Waals surface area contributed by atoms with E-state index in [1.807, 2.05) is 30.3 Å². The lowest BCUT2D eigenvalue weighted by Crippen LogP contribution is -2.16. The second-order valence-electron chi connectivity index (χ2n) is 6.43. The number of pyridine rings is 1. The lowest BCUT2D eigenvalue weighted by Gasteiger charge is -2.11. The molecule has 4 aromatic rings. The molecule has 2 aromatic carbocycles. The van der Waals surface area contributed by atoms with Gasteiger partial charge in [0, 0.05) is 18.0 Å². The number of sulfonamides is 1. The SMILES string of the molecule is O=S(=O)(Cc1ccccc1)Nc1ccccc1Cc1nc(-c2ccncc2)no1. The maximum atomic E-state index is 12.6. The average molecular weight is 406 g/mol. The molecule has 8 heteroatoms. The van der Waals surface area contributed by atoms with E-state index >= 15 is 0 Å². The van der Waals surface area contributed by atoms with Crippen molar-refractivity contribution >= 4 is 15.7 Å². The highest BCUT2D eigenvalue weighted by molar-refractivity contribution is 7.91. The maximum Gasteiger partial charge on any atom is 0.236 e. The van der Waals surface area contributed by atoms with Crippen LogP contribution in [0, 0.1) is 0 Å². The Morgan fingerprint density at radius 3 is 2.41 bits per heavy atom. The number of rotatable bonds is 7. The molecule has 2 aromatic heterocycles. The Balaban J connectivity index is 1.52. The number of anilines is 1. The number of nitrogens with one attached hydrogen (secondary N) is 1. The fourth-order valence-corrected chi connectivity index (χ4v) is 4.12. The van der Waals surface area contributed by atoms with Crippen molar-refractivity contribution in [3.8, 4) is 11.4 Å². The summed E-state index contributed by atoms with van der Waals surface area (Å²) in [6.45, 7) is 0. The summed E-state index contributed by atoms with van der Waals surface area (Å²) in [5, 5.41) is 3.99. The highest BCUT2D eigenvalue weighted by Crippen LogP contribution is 2.22. The van der Waals surface area contributed by atoms with Crippen LogP contribution in [-0.2, 0) is 22.2 Å². The summed E-state index contributed by atoms with van der Waals surface area (Å²) in [7, 11) is -3.56. The predicted molar refractivity (Wildman–Crippen MR) is 109 cm³/mol. The lowest BCUT2D eigenvalue weighted by atomic mass is 10.1. The number of aromatic nitrogens is 3. The molecular formula is C21H18N4O3S. The largest absolute Gasteiger partial charge is 0.339 e. The van der Waals surface area contributed by atoms with Gasteiger partial charge < -0.3 is 4.52 Å². The van der Waals surface area contributed by atoms with E-state index in [0.717, 1.165) is 16.7 Å². The highest BCUT2D eigenvalue weighted by Gasteiger charge is 2.16. The van der Waals surface area contributed by atoms with Crippen LogP contribution in [0.3, 0.4) is 0 Å². The predicted octanol–water partition coefficient (Wildman–Crippen LogP) is 3.66. The first-order valence-electron chi connectivity index (χ1n) is 8.94. The molecule has 0 aliphatic heterocycles. The third kappa shape index (κ3) is 4.85. The van der Waals surface area contributed by atoms with Crippen molar-refractivity contribution in [2.75, 3.05) is 4.72 Å². The fraction of sp³-hybridized carbons (Fsp3) is 0.0952. The normalized spacial score (nSPS) is 11.3. The van der Waals surface area contributed by atoms with Gasteiger partial charge in [0.2, 0.25) is 21.7 Å². The molecule has 0 atom stereocenters. The van der Waals surface area contributed by atoms with E-state index in [9.17, 15) is 8.42 Å². The molecule has 7 nitrogen and oxygen atoms in total. The summed E-state index contributed by atoms with van der Waals surface area (Å²) in [6.07, 6.45) is 3.62. The molecule has 1 N–H and O–H groups in total. The summed E-state index contributed by atoms with van der Waals surface area (Å²) in [5.74, 6) is 0.755. The Morgan fingerprint density at radius 2 is 1.62 bits per heavy atom. The van der Waals surface area contributed by atoms with Crippen molar-refractivity contribution in [3.05, 3.63) is 96.1 Å². The average Bonchev–Trinajstić information content (AvgIpc) is 3.19. The van der Waals surface area contributed by atoms with Gasteiger partial charge in [0.1, 0.15) is 0 Å². The van der Waals surface area contributed by atoms with E-state index in [0.29, 0.717) is 23.8 Å². The molecule has 0 unspecified atom stereocenters. The van der Waals surface area contributed by atoms with Crippen molar-refractivity contribution in [1.82, 2.24) is 15.1 Å². The maximum absolute atomic E-state index is 12.6. The number of para-hydroxylation sites is 1. The van der Waals surface area contributed by atoms with E-state index in [-0.39, 0.29) is 5.75 Å². The Kier molecular flexibility index (Phi) is 5.35. The standard InChI is InChI=1S/C21H18N4O3S/c26-29(27,15-16-6-2-1-3-7-16)25-19-9-5-4-8-18(19)14-20-23-21(24-28-20)17-10-12-22-13-11-17/h1-13,25H,14-15H2. The minimum atomic E-state index is -3.56. The molecule has 0 aliphatic carbocycles. The van der Waals surface area contributed by atoms with E-state index < -0.39 is 10.0 Å². The van der Waals surface area contributed by atoms with Crippen LogP contribution in [-0.4, -0.2) is 23.5 Å². The van der Waals surface area contributed by atoms with Gasteiger partial charge in [-0.1, -0.05) is 53.7 Å². The summed E-state index contributed by atoms with van der Waals surface area (Å²) in [6, 6.07) is 19.8. The molecule has 2 heterocycles. The first kappa shape index (κ1) is 18.8. The first-order chi connectivity index (χ1) is 14.1. The van der Waals surface area contributed by atoms with Crippen LogP contribution in [0.1, 0.15) is 17.0 Å². The van der Waals surface area contributed by atoms with Crippen LogP contribution >= 0.6 is 0 Å². The van der Waals surface area contributed by atoms with Crippen molar-refractivity contribution in [2.45, 2.75) is 12.2 Å². The summed E-state index contributed by atoms with van der Waals surface area (Å²) in [4.78, 5) is 8.37. The minimum absolute atomic E-state index is 0.102. The fourth-order valence-electron chi connectivity index (χ4n) is 2.88. The molecule has 29 heavy (non-hydrogen) atoms. The van der Waals surface area contributed by atoms with Crippen molar-refractivity contribution in [3.63, 3.8) is 0 Å². The van der Waals surface area contributed by atoms with Gasteiger partial charge in [-0.15, -0.1) is 0 Å². The molecular weight excluding hydrogens is 388 g/mol. The Morgan fingerprint density at radius 1 is 0.897 bits per heavy atom. The molecule has 0 saturated carbocycles. The van der Waals surface area contributed by atoms with Gasteiger partial charge in [-0.25, -0.2) is 8.42 Å².